The molecule has 0 amide bonds. The van der Waals surface area contributed by atoms with Gasteiger partial charge in [-0.05, 0) is 72.1 Å². The summed E-state index contributed by atoms with van der Waals surface area (Å²) in [5.41, 5.74) is -0.408. The van der Waals surface area contributed by atoms with E-state index in [1.54, 1.807) is 0 Å². The third-order valence-electron chi connectivity index (χ3n) is 0.850. The molecule has 0 bridgehead atoms. The molecule has 0 N–H and O–H groups in total. The Labute approximate surface area is 97.8 Å². The molecule has 80 valence electrons. The molecule has 0 saturated carbocycles. The molecule has 0 aromatic rings. The van der Waals surface area contributed by atoms with Gasteiger partial charge in [-0.3, -0.25) is 0 Å². The highest BCUT2D eigenvalue weighted by molar-refractivity contribution is 9.50. The van der Waals surface area contributed by atoms with Crippen LogP contribution in [0.5, 0.6) is 0 Å². The molecular formula is C8H18Br2O2Si. The lowest BCUT2D eigenvalue weighted by atomic mass is 10.2. The zero-order valence-electron chi connectivity index (χ0n) is 9.07. The number of halogens is 2. The zero-order valence-corrected chi connectivity index (χ0v) is 13.2. The number of hydrogen-bond donors (Lipinski definition) is 0. The van der Waals surface area contributed by atoms with Crippen LogP contribution in [0.25, 0.3) is 0 Å². The van der Waals surface area contributed by atoms with Gasteiger partial charge in [-0.2, -0.15) is 0 Å². The minimum absolute atomic E-state index is 0.204. The molecule has 5 heteroatoms. The average Bonchev–Trinajstić information content (AvgIpc) is 1.43. The minimum atomic E-state index is -2.35. The van der Waals surface area contributed by atoms with E-state index in [0.717, 1.165) is 0 Å². The topological polar surface area (TPSA) is 18.5 Å². The fourth-order valence-electron chi connectivity index (χ4n) is 0.734. The molecule has 0 radical (unpaired) electrons. The molecule has 0 aromatic carbocycles. The first-order chi connectivity index (χ1) is 5.41. The Bertz CT molecular complexity index is 152. The molecule has 0 spiro atoms. The van der Waals surface area contributed by atoms with E-state index in [1.165, 1.54) is 0 Å². The third kappa shape index (κ3) is 9.40. The largest absolute Gasteiger partial charge is 0.491 e. The Kier molecular flexibility index (Phi) is 4.67. The molecule has 0 heterocycles. The van der Waals surface area contributed by atoms with Gasteiger partial charge in [0.15, 0.2) is 0 Å². The summed E-state index contributed by atoms with van der Waals surface area (Å²) in [5, 5.41) is 0. The Morgan fingerprint density at radius 2 is 1.00 bits per heavy atom. The molecular weight excluding hydrogens is 316 g/mol. The van der Waals surface area contributed by atoms with E-state index in [0.29, 0.717) is 0 Å². The Hall–Kier alpha value is 1.10. The van der Waals surface area contributed by atoms with Crippen molar-refractivity contribution in [3.63, 3.8) is 0 Å². The van der Waals surface area contributed by atoms with Gasteiger partial charge in [-0.15, -0.1) is 0 Å². The SMILES string of the molecule is CC(C)(C)O[Si](Br)(Br)OC(C)(C)C. The first kappa shape index (κ1) is 14.1. The summed E-state index contributed by atoms with van der Waals surface area (Å²) in [6, 6.07) is 0. The first-order valence-corrected chi connectivity index (χ1v) is 10.5. The minimum Gasteiger partial charge on any atom is -0.373 e. The number of rotatable bonds is 2. The maximum Gasteiger partial charge on any atom is 0.491 e. The van der Waals surface area contributed by atoms with E-state index in [4.69, 9.17) is 8.85 Å². The summed E-state index contributed by atoms with van der Waals surface area (Å²) in [6.45, 7) is 12.0. The molecule has 0 aromatic heterocycles. The van der Waals surface area contributed by atoms with Gasteiger partial charge in [0, 0.05) is 0 Å². The molecule has 0 aliphatic carbocycles. The molecule has 0 rings (SSSR count). The van der Waals surface area contributed by atoms with Gasteiger partial charge in [0.25, 0.3) is 0 Å². The molecule has 0 aliphatic rings. The second-order valence-corrected chi connectivity index (χ2v) is 15.7. The predicted molar refractivity (Wildman–Crippen MR) is 65.3 cm³/mol. The quantitative estimate of drug-likeness (QED) is 0.564. The van der Waals surface area contributed by atoms with Crippen LogP contribution in [0.3, 0.4) is 0 Å². The summed E-state index contributed by atoms with van der Waals surface area (Å²) >= 11 is 6.93. The predicted octanol–water partition coefficient (Wildman–Crippen LogP) is 3.84. The van der Waals surface area contributed by atoms with Crippen molar-refractivity contribution in [2.75, 3.05) is 0 Å². The highest BCUT2D eigenvalue weighted by atomic mass is 79.9. The fraction of sp³-hybridized carbons (Fsp3) is 1.00. The molecule has 0 aliphatic heterocycles. The first-order valence-electron chi connectivity index (χ1n) is 4.19. The zero-order chi connectivity index (χ0) is 10.9. The van der Waals surface area contributed by atoms with Crippen LogP contribution in [0.4, 0.5) is 0 Å². The Balaban J connectivity index is 4.25. The lowest BCUT2D eigenvalue weighted by molar-refractivity contribution is 0.0430. The van der Waals surface area contributed by atoms with Crippen LogP contribution in [0.1, 0.15) is 41.5 Å². The normalized spacial score (nSPS) is 14.8. The highest BCUT2D eigenvalue weighted by Gasteiger charge is 2.40. The smallest absolute Gasteiger partial charge is 0.373 e. The van der Waals surface area contributed by atoms with Crippen molar-refractivity contribution in [2.24, 2.45) is 0 Å². The van der Waals surface area contributed by atoms with Crippen molar-refractivity contribution in [2.45, 2.75) is 52.7 Å². The maximum absolute atomic E-state index is 5.75. The van der Waals surface area contributed by atoms with Crippen molar-refractivity contribution in [3.8, 4) is 0 Å². The summed E-state index contributed by atoms with van der Waals surface area (Å²) in [7, 11) is 0. The van der Waals surface area contributed by atoms with Gasteiger partial charge in [-0.25, -0.2) is 0 Å². The van der Waals surface area contributed by atoms with Crippen molar-refractivity contribution >= 4 is 36.4 Å². The van der Waals surface area contributed by atoms with Crippen LogP contribution < -0.4 is 0 Å². The van der Waals surface area contributed by atoms with E-state index < -0.39 is 5.80 Å². The van der Waals surface area contributed by atoms with Gasteiger partial charge < -0.3 is 8.85 Å². The Morgan fingerprint density at radius 3 is 1.15 bits per heavy atom. The third-order valence-corrected chi connectivity index (χ3v) is 4.49. The monoisotopic (exact) mass is 332 g/mol. The van der Waals surface area contributed by atoms with Crippen LogP contribution in [0.2, 0.25) is 0 Å². The molecule has 0 fully saturated rings. The summed E-state index contributed by atoms with van der Waals surface area (Å²) < 4.78 is 11.5. The van der Waals surface area contributed by atoms with E-state index in [-0.39, 0.29) is 11.2 Å². The number of hydrogen-bond acceptors (Lipinski definition) is 2. The Morgan fingerprint density at radius 1 is 0.769 bits per heavy atom. The van der Waals surface area contributed by atoms with Gasteiger partial charge >= 0.3 is 5.80 Å². The van der Waals surface area contributed by atoms with E-state index in [9.17, 15) is 0 Å². The lowest BCUT2D eigenvalue weighted by Crippen LogP contribution is -2.42. The fourth-order valence-corrected chi connectivity index (χ4v) is 8.03. The van der Waals surface area contributed by atoms with Gasteiger partial charge in [0.05, 0.1) is 11.2 Å². The second-order valence-electron chi connectivity index (χ2n) is 4.89. The molecule has 0 saturated heterocycles. The van der Waals surface area contributed by atoms with Gasteiger partial charge in [0.2, 0.25) is 0 Å². The van der Waals surface area contributed by atoms with Gasteiger partial charge in [-0.1, -0.05) is 0 Å². The van der Waals surface area contributed by atoms with Crippen LogP contribution in [-0.4, -0.2) is 17.0 Å². The standard InChI is InChI=1S/C8H18Br2O2Si/c1-7(2,3)11-13(9,10)12-8(4,5)6/h1-6H3. The van der Waals surface area contributed by atoms with Crippen LogP contribution in [0.15, 0.2) is 0 Å². The van der Waals surface area contributed by atoms with Crippen LogP contribution in [-0.2, 0) is 8.85 Å². The van der Waals surface area contributed by atoms with E-state index >= 15 is 0 Å². The van der Waals surface area contributed by atoms with Crippen molar-refractivity contribution < 1.29 is 8.85 Å². The highest BCUT2D eigenvalue weighted by Crippen LogP contribution is 2.32. The molecule has 0 unspecified atom stereocenters. The van der Waals surface area contributed by atoms with Crippen LogP contribution >= 0.6 is 30.6 Å². The summed E-state index contributed by atoms with van der Waals surface area (Å²) in [4.78, 5) is 0. The average molecular weight is 334 g/mol. The van der Waals surface area contributed by atoms with Crippen molar-refractivity contribution in [3.05, 3.63) is 0 Å². The van der Waals surface area contributed by atoms with Crippen molar-refractivity contribution in [1.82, 2.24) is 0 Å². The van der Waals surface area contributed by atoms with Crippen LogP contribution in [0, 0.1) is 0 Å². The molecule has 2 nitrogen and oxygen atoms in total. The lowest BCUT2D eigenvalue weighted by Gasteiger charge is -2.33. The summed E-state index contributed by atoms with van der Waals surface area (Å²) in [6.07, 6.45) is 0. The molecule has 13 heavy (non-hydrogen) atoms. The second kappa shape index (κ2) is 4.31. The summed E-state index contributed by atoms with van der Waals surface area (Å²) in [5.74, 6) is -2.35. The maximum atomic E-state index is 5.75. The van der Waals surface area contributed by atoms with E-state index in [2.05, 4.69) is 30.6 Å². The molecule has 0 atom stereocenters. The van der Waals surface area contributed by atoms with E-state index in [1.807, 2.05) is 41.5 Å². The van der Waals surface area contributed by atoms with Crippen molar-refractivity contribution in [1.29, 1.82) is 0 Å². The van der Waals surface area contributed by atoms with Gasteiger partial charge in [0.1, 0.15) is 0 Å².